The summed E-state index contributed by atoms with van der Waals surface area (Å²) in [6.45, 7) is 2.06. The van der Waals surface area contributed by atoms with Crippen molar-refractivity contribution in [3.8, 4) is 0 Å². The van der Waals surface area contributed by atoms with Crippen LogP contribution in [0.4, 0.5) is 5.69 Å². The third-order valence-electron chi connectivity index (χ3n) is 5.20. The van der Waals surface area contributed by atoms with E-state index in [4.69, 9.17) is 4.99 Å². The Morgan fingerprint density at radius 2 is 1.88 bits per heavy atom. The first-order valence-electron chi connectivity index (χ1n) is 8.44. The number of aryl methyl sites for hydroxylation is 1. The number of hydrogen-bond donors (Lipinski definition) is 0. The van der Waals surface area contributed by atoms with E-state index in [0.29, 0.717) is 18.6 Å². The van der Waals surface area contributed by atoms with Crippen LogP contribution in [0.25, 0.3) is 0 Å². The number of aliphatic imine (C=N–C) groups is 1. The van der Waals surface area contributed by atoms with Crippen LogP contribution in [-0.4, -0.2) is 34.5 Å². The summed E-state index contributed by atoms with van der Waals surface area (Å²) >= 11 is 0. The minimum absolute atomic E-state index is 0.0314. The minimum Gasteiger partial charge on any atom is -0.300 e. The van der Waals surface area contributed by atoms with Crippen LogP contribution >= 0.6 is 0 Å². The molecule has 0 aliphatic carbocycles. The molecule has 1 aromatic heterocycles. The van der Waals surface area contributed by atoms with E-state index in [9.17, 15) is 4.79 Å². The van der Waals surface area contributed by atoms with Crippen molar-refractivity contribution in [3.05, 3.63) is 59.4 Å². The van der Waals surface area contributed by atoms with E-state index in [1.54, 1.807) is 0 Å². The summed E-state index contributed by atoms with van der Waals surface area (Å²) in [6, 6.07) is 12.3. The molecular weight excluding hydrogens is 298 g/mol. The third-order valence-corrected chi connectivity index (χ3v) is 5.20. The van der Waals surface area contributed by atoms with Crippen molar-refractivity contribution in [2.75, 3.05) is 7.05 Å². The van der Waals surface area contributed by atoms with Crippen LogP contribution in [0.3, 0.4) is 0 Å². The Labute approximate surface area is 142 Å². The highest BCUT2D eigenvalue weighted by molar-refractivity contribution is 6.01. The highest BCUT2D eigenvalue weighted by Gasteiger charge is 2.38. The molecule has 1 fully saturated rings. The Morgan fingerprint density at radius 3 is 2.67 bits per heavy atom. The van der Waals surface area contributed by atoms with E-state index in [1.807, 2.05) is 30.5 Å². The molecule has 2 atom stereocenters. The maximum absolute atomic E-state index is 12.4. The second-order valence-corrected chi connectivity index (χ2v) is 6.76. The predicted octanol–water partition coefficient (Wildman–Crippen LogP) is 3.42. The van der Waals surface area contributed by atoms with E-state index in [-0.39, 0.29) is 12.1 Å². The molecule has 0 bridgehead atoms. The van der Waals surface area contributed by atoms with E-state index in [1.165, 1.54) is 5.56 Å². The Kier molecular flexibility index (Phi) is 3.77. The zero-order valence-electron chi connectivity index (χ0n) is 14.1. The van der Waals surface area contributed by atoms with Gasteiger partial charge in [0.05, 0.1) is 23.5 Å². The first kappa shape index (κ1) is 15.2. The maximum Gasteiger partial charge on any atom is 0.136 e. The number of pyridine rings is 1. The average molecular weight is 319 g/mol. The van der Waals surface area contributed by atoms with Crippen molar-refractivity contribution >= 4 is 17.2 Å². The third kappa shape index (κ3) is 2.57. The summed E-state index contributed by atoms with van der Waals surface area (Å²) in [5.74, 6) is 0.298. The van der Waals surface area contributed by atoms with E-state index in [2.05, 4.69) is 36.0 Å². The molecule has 0 radical (unpaired) electrons. The number of Topliss-reactive ketones (excluding diaryl/α,β-unsaturated/α-hetero) is 1. The molecule has 0 amide bonds. The number of fused-ring (bicyclic) bond motifs is 1. The van der Waals surface area contributed by atoms with Gasteiger partial charge >= 0.3 is 0 Å². The summed E-state index contributed by atoms with van der Waals surface area (Å²) in [5.41, 5.74) is 5.55. The van der Waals surface area contributed by atoms with Gasteiger partial charge < -0.3 is 0 Å². The van der Waals surface area contributed by atoms with Crippen LogP contribution in [0.15, 0.2) is 47.6 Å². The van der Waals surface area contributed by atoms with Gasteiger partial charge in [0.2, 0.25) is 0 Å². The number of para-hydroxylation sites is 1. The van der Waals surface area contributed by atoms with Crippen molar-refractivity contribution in [1.82, 2.24) is 9.88 Å². The molecule has 4 rings (SSSR count). The van der Waals surface area contributed by atoms with Gasteiger partial charge in [-0.2, -0.15) is 0 Å². The first-order valence-corrected chi connectivity index (χ1v) is 8.44. The summed E-state index contributed by atoms with van der Waals surface area (Å²) in [6.07, 6.45) is 3.73. The maximum atomic E-state index is 12.4. The van der Waals surface area contributed by atoms with Crippen LogP contribution in [0.2, 0.25) is 0 Å². The Morgan fingerprint density at radius 1 is 1.08 bits per heavy atom. The van der Waals surface area contributed by atoms with Gasteiger partial charge in [0.1, 0.15) is 5.78 Å². The topological polar surface area (TPSA) is 45.6 Å². The summed E-state index contributed by atoms with van der Waals surface area (Å²) < 4.78 is 0. The van der Waals surface area contributed by atoms with Gasteiger partial charge in [-0.15, -0.1) is 0 Å². The zero-order chi connectivity index (χ0) is 16.7. The lowest BCUT2D eigenvalue weighted by Gasteiger charge is -2.39. The van der Waals surface area contributed by atoms with Gasteiger partial charge in [-0.1, -0.05) is 24.3 Å². The monoisotopic (exact) mass is 319 g/mol. The summed E-state index contributed by atoms with van der Waals surface area (Å²) in [5, 5.41) is 0. The lowest BCUT2D eigenvalue weighted by Crippen LogP contribution is -2.47. The molecule has 0 unspecified atom stereocenters. The fourth-order valence-corrected chi connectivity index (χ4v) is 3.86. The molecule has 0 spiro atoms. The standard InChI is InChI=1S/C20H21N3O/c1-13-6-5-9-21-20(13)19-12-15(24)11-18(23(19)2)17-10-14-7-3-4-8-16(14)22-17/h3-9,18-19H,10-12H2,1-2H3/t18-,19+/m1/s1. The number of aromatic nitrogens is 1. The van der Waals surface area contributed by atoms with Gasteiger partial charge in [0.25, 0.3) is 0 Å². The molecule has 2 aliphatic rings. The molecule has 2 aromatic rings. The first-order chi connectivity index (χ1) is 11.6. The number of likely N-dealkylation sites (tertiary alicyclic amines) is 1. The molecule has 122 valence electrons. The van der Waals surface area contributed by atoms with E-state index in [0.717, 1.165) is 29.1 Å². The van der Waals surface area contributed by atoms with Gasteiger partial charge in [-0.25, -0.2) is 0 Å². The number of ketones is 1. The van der Waals surface area contributed by atoms with Crippen molar-refractivity contribution in [1.29, 1.82) is 0 Å². The van der Waals surface area contributed by atoms with Crippen LogP contribution in [-0.2, 0) is 11.2 Å². The smallest absolute Gasteiger partial charge is 0.136 e. The van der Waals surface area contributed by atoms with Crippen molar-refractivity contribution in [3.63, 3.8) is 0 Å². The van der Waals surface area contributed by atoms with Crippen LogP contribution in [0, 0.1) is 6.92 Å². The van der Waals surface area contributed by atoms with Gasteiger partial charge in [0.15, 0.2) is 0 Å². The number of rotatable bonds is 2. The Hall–Kier alpha value is -2.33. The number of benzene rings is 1. The van der Waals surface area contributed by atoms with Gasteiger partial charge in [0, 0.05) is 31.2 Å². The quantitative estimate of drug-likeness (QED) is 0.852. The number of nitrogens with zero attached hydrogens (tertiary/aromatic N) is 3. The van der Waals surface area contributed by atoms with Crippen LogP contribution in [0.5, 0.6) is 0 Å². The minimum atomic E-state index is 0.0314. The normalized spacial score (nSPS) is 23.9. The highest BCUT2D eigenvalue weighted by Crippen LogP contribution is 2.36. The molecule has 4 nitrogen and oxygen atoms in total. The number of piperidine rings is 1. The second-order valence-electron chi connectivity index (χ2n) is 6.76. The van der Waals surface area contributed by atoms with E-state index >= 15 is 0 Å². The largest absolute Gasteiger partial charge is 0.300 e. The zero-order valence-corrected chi connectivity index (χ0v) is 14.1. The summed E-state index contributed by atoms with van der Waals surface area (Å²) in [4.78, 5) is 24.1. The molecule has 0 N–H and O–H groups in total. The summed E-state index contributed by atoms with van der Waals surface area (Å²) in [7, 11) is 2.10. The fraction of sp³-hybridized carbons (Fsp3) is 0.350. The number of hydrogen-bond acceptors (Lipinski definition) is 4. The van der Waals surface area contributed by atoms with Crippen LogP contribution < -0.4 is 0 Å². The van der Waals surface area contributed by atoms with Crippen LogP contribution in [0.1, 0.15) is 35.7 Å². The lowest BCUT2D eigenvalue weighted by molar-refractivity contribution is -0.123. The molecule has 3 heterocycles. The molecule has 1 saturated heterocycles. The van der Waals surface area contributed by atoms with Gasteiger partial charge in [-0.3, -0.25) is 19.7 Å². The lowest BCUT2D eigenvalue weighted by atomic mass is 9.88. The van der Waals surface area contributed by atoms with Gasteiger partial charge in [-0.05, 0) is 37.2 Å². The second kappa shape index (κ2) is 5.95. The average Bonchev–Trinajstić information content (AvgIpc) is 3.01. The predicted molar refractivity (Wildman–Crippen MR) is 94.7 cm³/mol. The SMILES string of the molecule is Cc1cccnc1[C@@H]1CC(=O)C[C@H](C2=Nc3ccccc3C2)N1C. The molecule has 24 heavy (non-hydrogen) atoms. The molecule has 0 saturated carbocycles. The number of carbonyl (C=O) groups excluding carboxylic acids is 1. The van der Waals surface area contributed by atoms with Crippen molar-refractivity contribution in [2.24, 2.45) is 4.99 Å². The van der Waals surface area contributed by atoms with E-state index < -0.39 is 0 Å². The molecule has 2 aliphatic heterocycles. The number of carbonyl (C=O) groups is 1. The molecular formula is C20H21N3O. The highest BCUT2D eigenvalue weighted by atomic mass is 16.1. The van der Waals surface area contributed by atoms with Crippen molar-refractivity contribution in [2.45, 2.75) is 38.3 Å². The Balaban J connectivity index is 1.66. The molecule has 1 aromatic carbocycles. The molecule has 4 heteroatoms. The van der Waals surface area contributed by atoms with Crippen molar-refractivity contribution < 1.29 is 4.79 Å². The fourth-order valence-electron chi connectivity index (χ4n) is 3.86. The Bertz CT molecular complexity index is 827.